The molecule has 3 nitrogen and oxygen atoms in total. The van der Waals surface area contributed by atoms with E-state index in [-0.39, 0.29) is 6.42 Å². The van der Waals surface area contributed by atoms with Crippen molar-refractivity contribution in [1.82, 2.24) is 4.72 Å². The summed E-state index contributed by atoms with van der Waals surface area (Å²) in [7, 11) is -1.42. The van der Waals surface area contributed by atoms with Gasteiger partial charge in [-0.1, -0.05) is 56.0 Å². The summed E-state index contributed by atoms with van der Waals surface area (Å²) >= 11 is 0. The van der Waals surface area contributed by atoms with Crippen LogP contribution in [0.5, 0.6) is 0 Å². The monoisotopic (exact) mass is 369 g/mol. The molecule has 1 aromatic carbocycles. The van der Waals surface area contributed by atoms with Gasteiger partial charge in [0.15, 0.2) is 0 Å². The van der Waals surface area contributed by atoms with Gasteiger partial charge in [0.25, 0.3) is 0 Å². The van der Waals surface area contributed by atoms with Gasteiger partial charge in [-0.15, -0.1) is 0 Å². The Morgan fingerprint density at radius 1 is 1.28 bits per heavy atom. The molecule has 1 aliphatic carbocycles. The van der Waals surface area contributed by atoms with Crippen LogP contribution in [0.3, 0.4) is 0 Å². The van der Waals surface area contributed by atoms with Gasteiger partial charge >= 0.3 is 0 Å². The van der Waals surface area contributed by atoms with E-state index in [1.165, 1.54) is 12.8 Å². The van der Waals surface area contributed by atoms with E-state index in [0.29, 0.717) is 6.42 Å². The molecule has 1 fully saturated rings. The highest BCUT2D eigenvalue weighted by molar-refractivity contribution is 7.84. The lowest BCUT2D eigenvalue weighted by Crippen LogP contribution is -2.51. The van der Waals surface area contributed by atoms with Crippen molar-refractivity contribution in [3.05, 3.63) is 35.9 Å². The highest BCUT2D eigenvalue weighted by atomic mass is 32.2. The third-order valence-electron chi connectivity index (χ3n) is 4.69. The average molecular weight is 370 g/mol. The average Bonchev–Trinajstić information content (AvgIpc) is 3.36. The summed E-state index contributed by atoms with van der Waals surface area (Å²) in [6.45, 7) is 5.53. The fourth-order valence-corrected chi connectivity index (χ4v) is 3.77. The molecule has 1 aliphatic rings. The van der Waals surface area contributed by atoms with Crippen LogP contribution in [0.1, 0.15) is 58.4 Å². The Bertz CT molecular complexity index is 542. The first-order valence-electron chi connectivity index (χ1n) is 9.31. The number of aliphatic hydroxyl groups excluding tert-OH is 1. The molecule has 0 aromatic heterocycles. The van der Waals surface area contributed by atoms with Crippen LogP contribution in [0.15, 0.2) is 30.3 Å². The van der Waals surface area contributed by atoms with Crippen molar-refractivity contribution in [1.29, 1.82) is 0 Å². The Labute approximate surface area is 154 Å². The number of hydrogen-bond donors (Lipinski definition) is 2. The summed E-state index contributed by atoms with van der Waals surface area (Å²) in [6, 6.07) is 8.59. The molecule has 2 N–H and O–H groups in total. The third kappa shape index (κ3) is 7.16. The quantitative estimate of drug-likeness (QED) is 0.656. The highest BCUT2D eigenvalue weighted by Crippen LogP contribution is 2.34. The van der Waals surface area contributed by atoms with Gasteiger partial charge < -0.3 is 5.11 Å². The topological polar surface area (TPSA) is 49.3 Å². The van der Waals surface area contributed by atoms with Gasteiger partial charge in [-0.3, -0.25) is 0 Å². The van der Waals surface area contributed by atoms with E-state index in [2.05, 4.69) is 4.72 Å². The Kier molecular flexibility index (Phi) is 7.59. The number of aliphatic hydroxyl groups is 1. The molecule has 1 aromatic rings. The van der Waals surface area contributed by atoms with Crippen molar-refractivity contribution in [3.63, 3.8) is 0 Å². The minimum absolute atomic E-state index is 0.208. The zero-order valence-electron chi connectivity index (χ0n) is 15.6. The first-order chi connectivity index (χ1) is 11.8. The standard InChI is InChI=1S/C20H32FNO2S/c1-20(2,3)25(24)22-19(18(23)11-7-10-15-12-13-15)17(21)14-16-8-5-4-6-9-16/h4-6,8-9,15,17-19,22-23H,7,10-14H2,1-3H3/t17-,18-,19+,25?/m1/s1. The summed E-state index contributed by atoms with van der Waals surface area (Å²) in [4.78, 5) is 0. The predicted octanol–water partition coefficient (Wildman–Crippen LogP) is 3.93. The summed E-state index contributed by atoms with van der Waals surface area (Å²) in [5, 5.41) is 10.6. The molecule has 0 aliphatic heterocycles. The van der Waals surface area contributed by atoms with E-state index in [9.17, 15) is 13.7 Å². The minimum atomic E-state index is -1.42. The van der Waals surface area contributed by atoms with Crippen molar-refractivity contribution >= 4 is 11.0 Å². The Balaban J connectivity index is 1.99. The molecule has 25 heavy (non-hydrogen) atoms. The largest absolute Gasteiger partial charge is 0.391 e. The van der Waals surface area contributed by atoms with Crippen LogP contribution in [0.4, 0.5) is 4.39 Å². The van der Waals surface area contributed by atoms with Crippen molar-refractivity contribution in [2.75, 3.05) is 0 Å². The molecular formula is C20H32FNO2S. The lowest BCUT2D eigenvalue weighted by molar-refractivity contribution is 0.0823. The zero-order chi connectivity index (χ0) is 18.4. The van der Waals surface area contributed by atoms with Crippen molar-refractivity contribution < 1.29 is 13.7 Å². The second-order valence-corrected chi connectivity index (χ2v) is 10.2. The van der Waals surface area contributed by atoms with Gasteiger partial charge in [0.2, 0.25) is 0 Å². The summed E-state index contributed by atoms with van der Waals surface area (Å²) in [6.07, 6.45) is 3.20. The Morgan fingerprint density at radius 3 is 2.48 bits per heavy atom. The van der Waals surface area contributed by atoms with E-state index >= 15 is 0 Å². The van der Waals surface area contributed by atoms with Gasteiger partial charge in [0.05, 0.1) is 27.9 Å². The fourth-order valence-electron chi connectivity index (χ4n) is 2.86. The number of hydrogen-bond acceptors (Lipinski definition) is 2. The van der Waals surface area contributed by atoms with Gasteiger partial charge in [0, 0.05) is 6.42 Å². The molecule has 2 rings (SSSR count). The molecular weight excluding hydrogens is 337 g/mol. The number of nitrogens with one attached hydrogen (secondary N) is 1. The van der Waals surface area contributed by atoms with E-state index in [1.54, 1.807) is 0 Å². The van der Waals surface area contributed by atoms with Crippen LogP contribution in [0, 0.1) is 5.92 Å². The molecule has 1 unspecified atom stereocenters. The molecule has 0 bridgehead atoms. The number of halogens is 1. The third-order valence-corrected chi connectivity index (χ3v) is 6.28. The number of benzene rings is 1. The van der Waals surface area contributed by atoms with Crippen LogP contribution in [0.25, 0.3) is 0 Å². The molecule has 0 amide bonds. The van der Waals surface area contributed by atoms with Gasteiger partial charge in [-0.2, -0.15) is 0 Å². The molecule has 4 atom stereocenters. The Hall–Kier alpha value is -0.780. The van der Waals surface area contributed by atoms with Crippen LogP contribution < -0.4 is 4.72 Å². The van der Waals surface area contributed by atoms with Crippen LogP contribution in [-0.4, -0.2) is 32.4 Å². The summed E-state index contributed by atoms with van der Waals surface area (Å²) in [5.41, 5.74) is 0.883. The van der Waals surface area contributed by atoms with E-state index in [4.69, 9.17) is 0 Å². The smallest absolute Gasteiger partial charge is 0.123 e. The SMILES string of the molecule is CC(C)(C)S(=O)N[C@H]([C@H](O)CCCC1CC1)[C@H](F)Cc1ccccc1. The molecule has 142 valence electrons. The minimum Gasteiger partial charge on any atom is -0.391 e. The van der Waals surface area contributed by atoms with E-state index in [1.807, 2.05) is 51.1 Å². The molecule has 0 radical (unpaired) electrons. The van der Waals surface area contributed by atoms with Crippen LogP contribution in [0.2, 0.25) is 0 Å². The molecule has 5 heteroatoms. The second kappa shape index (κ2) is 9.24. The maximum absolute atomic E-state index is 15.0. The van der Waals surface area contributed by atoms with Gasteiger partial charge in [-0.05, 0) is 38.7 Å². The van der Waals surface area contributed by atoms with Crippen LogP contribution in [-0.2, 0) is 17.4 Å². The fraction of sp³-hybridized carbons (Fsp3) is 0.700. The summed E-state index contributed by atoms with van der Waals surface area (Å²) < 4.78 is 29.8. The lowest BCUT2D eigenvalue weighted by atomic mass is 9.96. The molecule has 0 saturated heterocycles. The second-order valence-electron chi connectivity index (χ2n) is 8.17. The predicted molar refractivity (Wildman–Crippen MR) is 102 cm³/mol. The lowest BCUT2D eigenvalue weighted by Gasteiger charge is -2.30. The number of alkyl halides is 1. The normalized spacial score (nSPS) is 20.0. The van der Waals surface area contributed by atoms with E-state index < -0.39 is 34.1 Å². The van der Waals surface area contributed by atoms with Crippen LogP contribution >= 0.6 is 0 Å². The maximum Gasteiger partial charge on any atom is 0.123 e. The summed E-state index contributed by atoms with van der Waals surface area (Å²) in [5.74, 6) is 0.799. The maximum atomic E-state index is 15.0. The van der Waals surface area contributed by atoms with Gasteiger partial charge in [-0.25, -0.2) is 13.3 Å². The molecule has 0 heterocycles. The Morgan fingerprint density at radius 2 is 1.92 bits per heavy atom. The molecule has 0 spiro atoms. The molecule has 1 saturated carbocycles. The van der Waals surface area contributed by atoms with E-state index in [0.717, 1.165) is 24.3 Å². The number of rotatable bonds is 10. The van der Waals surface area contributed by atoms with Crippen molar-refractivity contribution in [2.45, 2.75) is 82.4 Å². The van der Waals surface area contributed by atoms with Gasteiger partial charge in [0.1, 0.15) is 6.17 Å². The van der Waals surface area contributed by atoms with Crippen molar-refractivity contribution in [3.8, 4) is 0 Å². The van der Waals surface area contributed by atoms with Crippen molar-refractivity contribution in [2.24, 2.45) is 5.92 Å². The highest BCUT2D eigenvalue weighted by Gasteiger charge is 2.33. The first kappa shape index (κ1) is 20.5. The zero-order valence-corrected chi connectivity index (χ0v) is 16.4. The first-order valence-corrected chi connectivity index (χ1v) is 10.5.